The normalized spacial score (nSPS) is 10.8. The van der Waals surface area contributed by atoms with Crippen LogP contribution in [0, 0.1) is 6.92 Å². The minimum absolute atomic E-state index is 0.0137. The predicted molar refractivity (Wildman–Crippen MR) is 104 cm³/mol. The number of phenolic OH excluding ortho intramolecular Hbond substituents is 1. The van der Waals surface area contributed by atoms with Crippen molar-refractivity contribution in [2.75, 3.05) is 13.2 Å². The van der Waals surface area contributed by atoms with E-state index in [2.05, 4.69) is 26.5 Å². The van der Waals surface area contributed by atoms with E-state index in [1.54, 1.807) is 30.3 Å². The summed E-state index contributed by atoms with van der Waals surface area (Å²) in [6.45, 7) is 3.90. The minimum Gasteiger partial charge on any atom is -0.503 e. The summed E-state index contributed by atoms with van der Waals surface area (Å²) in [4.78, 5) is 11.8. The third-order valence-corrected chi connectivity index (χ3v) is 4.09. The van der Waals surface area contributed by atoms with E-state index in [4.69, 9.17) is 21.1 Å². The quantitative estimate of drug-likeness (QED) is 0.502. The molecule has 2 aromatic rings. The third kappa shape index (κ3) is 5.64. The number of nitrogens with zero attached hydrogens (tertiary/aromatic N) is 1. The Bertz CT molecular complexity index is 827. The van der Waals surface area contributed by atoms with Crippen molar-refractivity contribution in [3.63, 3.8) is 0 Å². The van der Waals surface area contributed by atoms with Gasteiger partial charge in [-0.3, -0.25) is 4.79 Å². The van der Waals surface area contributed by atoms with Crippen molar-refractivity contribution in [3.05, 3.63) is 51.0 Å². The fourth-order valence-electron chi connectivity index (χ4n) is 2.06. The molecule has 0 aliphatic rings. The predicted octanol–water partition coefficient (Wildman–Crippen LogP) is 4.04. The molecule has 26 heavy (non-hydrogen) atoms. The molecule has 0 unspecified atom stereocenters. The molecule has 0 aliphatic carbocycles. The van der Waals surface area contributed by atoms with Crippen LogP contribution in [-0.4, -0.2) is 30.4 Å². The summed E-state index contributed by atoms with van der Waals surface area (Å²) in [5, 5.41) is 14.4. The van der Waals surface area contributed by atoms with Gasteiger partial charge in [0.25, 0.3) is 5.91 Å². The summed E-state index contributed by atoms with van der Waals surface area (Å²) in [6.07, 6.45) is 1.44. The van der Waals surface area contributed by atoms with Gasteiger partial charge < -0.3 is 14.6 Å². The van der Waals surface area contributed by atoms with Gasteiger partial charge in [-0.2, -0.15) is 5.10 Å². The van der Waals surface area contributed by atoms with Crippen molar-refractivity contribution in [1.29, 1.82) is 0 Å². The van der Waals surface area contributed by atoms with E-state index in [1.165, 1.54) is 6.21 Å². The third-order valence-electron chi connectivity index (χ3n) is 3.25. The van der Waals surface area contributed by atoms with Crippen LogP contribution in [-0.2, 0) is 4.79 Å². The molecule has 0 spiro atoms. The van der Waals surface area contributed by atoms with Crippen molar-refractivity contribution in [3.8, 4) is 17.2 Å². The summed E-state index contributed by atoms with van der Waals surface area (Å²) in [6, 6.07) is 8.43. The number of ether oxygens (including phenoxy) is 2. The maximum atomic E-state index is 11.8. The lowest BCUT2D eigenvalue weighted by molar-refractivity contribution is -0.123. The van der Waals surface area contributed by atoms with Gasteiger partial charge in [0.1, 0.15) is 5.75 Å². The molecule has 0 radical (unpaired) electrons. The summed E-state index contributed by atoms with van der Waals surface area (Å²) in [5.41, 5.74) is 3.86. The largest absolute Gasteiger partial charge is 0.503 e. The van der Waals surface area contributed by atoms with Crippen LogP contribution in [0.1, 0.15) is 18.1 Å². The fourth-order valence-corrected chi connectivity index (χ4v) is 2.75. The molecular weight excluding hydrogens is 424 g/mol. The number of amides is 1. The van der Waals surface area contributed by atoms with Crippen LogP contribution in [0.3, 0.4) is 0 Å². The first-order valence-corrected chi connectivity index (χ1v) is 8.94. The van der Waals surface area contributed by atoms with E-state index in [9.17, 15) is 9.90 Å². The SMILES string of the molecule is CCOc1cc(/C=N/NC(=O)COc2ccc(Cl)cc2C)cc(Br)c1O. The molecule has 0 aromatic heterocycles. The second-order valence-electron chi connectivity index (χ2n) is 5.27. The number of aryl methyl sites for hydroxylation is 1. The van der Waals surface area contributed by atoms with Gasteiger partial charge >= 0.3 is 0 Å². The zero-order chi connectivity index (χ0) is 19.1. The summed E-state index contributed by atoms with van der Waals surface area (Å²) >= 11 is 9.12. The zero-order valence-electron chi connectivity index (χ0n) is 14.3. The van der Waals surface area contributed by atoms with Gasteiger partial charge in [0.2, 0.25) is 0 Å². The Morgan fingerprint density at radius 2 is 2.08 bits per heavy atom. The van der Waals surface area contributed by atoms with E-state index < -0.39 is 5.91 Å². The van der Waals surface area contributed by atoms with Crippen LogP contribution in [0.25, 0.3) is 0 Å². The van der Waals surface area contributed by atoms with E-state index in [0.29, 0.717) is 33.2 Å². The number of aromatic hydroxyl groups is 1. The lowest BCUT2D eigenvalue weighted by Gasteiger charge is -2.09. The Hall–Kier alpha value is -2.25. The van der Waals surface area contributed by atoms with Gasteiger partial charge in [0.05, 0.1) is 17.3 Å². The summed E-state index contributed by atoms with van der Waals surface area (Å²) in [5.74, 6) is 0.520. The van der Waals surface area contributed by atoms with Crippen molar-refractivity contribution >= 4 is 39.7 Å². The number of hydrogen-bond acceptors (Lipinski definition) is 5. The monoisotopic (exact) mass is 440 g/mol. The highest BCUT2D eigenvalue weighted by Gasteiger charge is 2.08. The standard InChI is InChI=1S/C18H18BrClN2O4/c1-3-25-16-8-12(7-14(19)18(16)24)9-21-22-17(23)10-26-15-5-4-13(20)6-11(15)2/h4-9,24H,3,10H2,1-2H3,(H,22,23)/b21-9+. The smallest absolute Gasteiger partial charge is 0.277 e. The molecule has 0 bridgehead atoms. The molecule has 2 aromatic carbocycles. The average molecular weight is 442 g/mol. The molecule has 1 amide bonds. The van der Waals surface area contributed by atoms with E-state index in [0.717, 1.165) is 5.56 Å². The van der Waals surface area contributed by atoms with Gasteiger partial charge in [0.15, 0.2) is 18.1 Å². The lowest BCUT2D eigenvalue weighted by Crippen LogP contribution is -2.24. The summed E-state index contributed by atoms with van der Waals surface area (Å²) in [7, 11) is 0. The van der Waals surface area contributed by atoms with E-state index in [-0.39, 0.29) is 12.4 Å². The Balaban J connectivity index is 1.92. The van der Waals surface area contributed by atoms with E-state index in [1.807, 2.05) is 13.8 Å². The molecule has 0 aliphatic heterocycles. The molecule has 2 rings (SSSR count). The second kappa shape index (κ2) is 9.45. The van der Waals surface area contributed by atoms with Crippen molar-refractivity contribution < 1.29 is 19.4 Å². The van der Waals surface area contributed by atoms with E-state index >= 15 is 0 Å². The van der Waals surface area contributed by atoms with Gasteiger partial charge in [-0.05, 0) is 71.2 Å². The molecule has 0 atom stereocenters. The minimum atomic E-state index is -0.404. The van der Waals surface area contributed by atoms with Crippen LogP contribution in [0.15, 0.2) is 39.9 Å². The molecule has 0 fully saturated rings. The average Bonchev–Trinajstić information content (AvgIpc) is 2.58. The van der Waals surface area contributed by atoms with Crippen LogP contribution < -0.4 is 14.9 Å². The fraction of sp³-hybridized carbons (Fsp3) is 0.222. The lowest BCUT2D eigenvalue weighted by atomic mass is 10.2. The number of carbonyl (C=O) groups is 1. The number of benzene rings is 2. The first-order valence-electron chi connectivity index (χ1n) is 7.77. The molecule has 138 valence electrons. The molecule has 0 saturated heterocycles. The van der Waals surface area contributed by atoms with Crippen LogP contribution >= 0.6 is 27.5 Å². The maximum Gasteiger partial charge on any atom is 0.277 e. The Labute approximate surface area is 164 Å². The summed E-state index contributed by atoms with van der Waals surface area (Å²) < 4.78 is 11.2. The zero-order valence-corrected chi connectivity index (χ0v) is 16.6. The number of carbonyl (C=O) groups excluding carboxylic acids is 1. The molecule has 8 heteroatoms. The van der Waals surface area contributed by atoms with Gasteiger partial charge in [-0.25, -0.2) is 5.43 Å². The molecule has 0 heterocycles. The van der Waals surface area contributed by atoms with Crippen molar-refractivity contribution in [2.45, 2.75) is 13.8 Å². The first-order chi connectivity index (χ1) is 12.4. The second-order valence-corrected chi connectivity index (χ2v) is 6.56. The Morgan fingerprint density at radius 3 is 2.77 bits per heavy atom. The number of halogens is 2. The van der Waals surface area contributed by atoms with Crippen LogP contribution in [0.5, 0.6) is 17.2 Å². The highest BCUT2D eigenvalue weighted by atomic mass is 79.9. The number of nitrogens with one attached hydrogen (secondary N) is 1. The number of phenols is 1. The molecule has 0 saturated carbocycles. The maximum absolute atomic E-state index is 11.8. The first kappa shape index (κ1) is 20.1. The Morgan fingerprint density at radius 1 is 1.31 bits per heavy atom. The molecular formula is C18H18BrClN2O4. The number of rotatable bonds is 7. The molecule has 2 N–H and O–H groups in total. The van der Waals surface area contributed by atoms with Crippen LogP contribution in [0.2, 0.25) is 5.02 Å². The number of hydrazone groups is 1. The highest BCUT2D eigenvalue weighted by Crippen LogP contribution is 2.35. The highest BCUT2D eigenvalue weighted by molar-refractivity contribution is 9.10. The van der Waals surface area contributed by atoms with Gasteiger partial charge in [0, 0.05) is 5.02 Å². The number of hydrogen-bond donors (Lipinski definition) is 2. The van der Waals surface area contributed by atoms with Crippen LogP contribution in [0.4, 0.5) is 0 Å². The van der Waals surface area contributed by atoms with Crippen molar-refractivity contribution in [2.24, 2.45) is 5.10 Å². The van der Waals surface area contributed by atoms with Gasteiger partial charge in [-0.15, -0.1) is 0 Å². The van der Waals surface area contributed by atoms with Gasteiger partial charge in [-0.1, -0.05) is 11.6 Å². The van der Waals surface area contributed by atoms with Crippen molar-refractivity contribution in [1.82, 2.24) is 5.43 Å². The Kier molecular flexibility index (Phi) is 7.29. The molecule has 6 nitrogen and oxygen atoms in total. The topological polar surface area (TPSA) is 80.2 Å².